The maximum Gasteiger partial charge on any atom is 0.269 e. The Labute approximate surface area is 148 Å². The lowest BCUT2D eigenvalue weighted by molar-refractivity contribution is -0.384. The van der Waals surface area contributed by atoms with Gasteiger partial charge in [0.1, 0.15) is 5.56 Å². The summed E-state index contributed by atoms with van der Waals surface area (Å²) in [5, 5.41) is 22.5. The molecule has 2 aromatic heterocycles. The zero-order valence-corrected chi connectivity index (χ0v) is 13.9. The molecule has 1 aromatic carbocycles. The minimum atomic E-state index is -0.572. The second-order valence-electron chi connectivity index (χ2n) is 4.75. The normalized spacial score (nSPS) is 11.0. The first-order valence-corrected chi connectivity index (χ1v) is 8.03. The molecule has 0 saturated carbocycles. The fourth-order valence-electron chi connectivity index (χ4n) is 1.93. The number of rotatable bonds is 4. The van der Waals surface area contributed by atoms with E-state index >= 15 is 0 Å². The number of hydrogen-bond donors (Lipinski definition) is 3. The van der Waals surface area contributed by atoms with Gasteiger partial charge in [-0.1, -0.05) is 0 Å². The number of nitrogens with zero attached hydrogens (tertiary/aromatic N) is 3. The zero-order valence-electron chi connectivity index (χ0n) is 12.3. The Balaban J connectivity index is 1.86. The van der Waals surface area contributed by atoms with Crippen molar-refractivity contribution in [2.24, 2.45) is 4.99 Å². The van der Waals surface area contributed by atoms with Crippen LogP contribution in [-0.2, 0) is 0 Å². The van der Waals surface area contributed by atoms with Crippen LogP contribution in [0.4, 0.5) is 10.8 Å². The zero-order chi connectivity index (χ0) is 18.0. The fraction of sp³-hybridized carbons (Fsp3) is 0. The number of nitrogens with one attached hydrogen (secondary N) is 2. The third-order valence-electron chi connectivity index (χ3n) is 3.13. The Bertz CT molecular complexity index is 1080. The van der Waals surface area contributed by atoms with Crippen LogP contribution in [-0.4, -0.2) is 31.2 Å². The van der Waals surface area contributed by atoms with Crippen molar-refractivity contribution in [2.45, 2.75) is 0 Å². The summed E-state index contributed by atoms with van der Waals surface area (Å²) in [5.74, 6) is -0.385. The lowest BCUT2D eigenvalue weighted by Gasteiger charge is -1.96. The first-order chi connectivity index (χ1) is 11.9. The van der Waals surface area contributed by atoms with E-state index in [1.807, 2.05) is 0 Å². The van der Waals surface area contributed by atoms with Crippen molar-refractivity contribution in [3.05, 3.63) is 60.4 Å². The number of nitro groups is 1. The van der Waals surface area contributed by atoms with Crippen LogP contribution >= 0.6 is 23.6 Å². The van der Waals surface area contributed by atoms with Crippen molar-refractivity contribution >= 4 is 40.6 Å². The number of hydrogen-bond acceptors (Lipinski definition) is 8. The SMILES string of the molecule is O=c1[nH]c(=S)[nH]c(O)c1C=Nc1nc(-c2ccc([N+](=O)[O-])cc2)cs1. The van der Waals surface area contributed by atoms with Crippen LogP contribution in [0, 0.1) is 14.9 Å². The minimum absolute atomic E-state index is 0.00615. The molecule has 25 heavy (non-hydrogen) atoms. The molecule has 0 amide bonds. The molecule has 11 heteroatoms. The van der Waals surface area contributed by atoms with E-state index in [4.69, 9.17) is 12.2 Å². The molecule has 0 spiro atoms. The summed E-state index contributed by atoms with van der Waals surface area (Å²) in [6.07, 6.45) is 1.18. The van der Waals surface area contributed by atoms with Crippen LogP contribution in [0.25, 0.3) is 11.3 Å². The van der Waals surface area contributed by atoms with Gasteiger partial charge in [0, 0.05) is 29.3 Å². The summed E-state index contributed by atoms with van der Waals surface area (Å²) in [6.45, 7) is 0. The molecule has 0 atom stereocenters. The van der Waals surface area contributed by atoms with Crippen LogP contribution < -0.4 is 5.56 Å². The molecule has 0 saturated heterocycles. The average molecular weight is 375 g/mol. The van der Waals surface area contributed by atoms with Crippen LogP contribution in [0.15, 0.2) is 39.4 Å². The van der Waals surface area contributed by atoms with E-state index in [1.54, 1.807) is 17.5 Å². The Morgan fingerprint density at radius 2 is 2.04 bits per heavy atom. The number of thiazole rings is 1. The van der Waals surface area contributed by atoms with E-state index in [9.17, 15) is 20.0 Å². The van der Waals surface area contributed by atoms with Gasteiger partial charge in [-0.15, -0.1) is 11.3 Å². The molecule has 3 aromatic rings. The highest BCUT2D eigenvalue weighted by Gasteiger charge is 2.09. The van der Waals surface area contributed by atoms with Gasteiger partial charge in [-0.05, 0) is 24.4 Å². The number of aromatic amines is 2. The summed E-state index contributed by atoms with van der Waals surface area (Å²) >= 11 is 5.96. The Hall–Kier alpha value is -3.18. The van der Waals surface area contributed by atoms with Crippen LogP contribution in [0.1, 0.15) is 5.56 Å². The highest BCUT2D eigenvalue weighted by Crippen LogP contribution is 2.28. The predicted molar refractivity (Wildman–Crippen MR) is 95.4 cm³/mol. The Morgan fingerprint density at radius 1 is 1.32 bits per heavy atom. The van der Waals surface area contributed by atoms with Crippen molar-refractivity contribution in [3.63, 3.8) is 0 Å². The molecule has 3 N–H and O–H groups in total. The van der Waals surface area contributed by atoms with E-state index in [2.05, 4.69) is 19.9 Å². The van der Waals surface area contributed by atoms with E-state index in [-0.39, 0.29) is 21.9 Å². The average Bonchev–Trinajstić information content (AvgIpc) is 3.03. The molecule has 2 heterocycles. The topological polar surface area (TPSA) is 137 Å². The number of aromatic hydroxyl groups is 1. The van der Waals surface area contributed by atoms with Gasteiger partial charge >= 0.3 is 0 Å². The van der Waals surface area contributed by atoms with E-state index in [0.717, 1.165) is 0 Å². The second kappa shape index (κ2) is 6.75. The predicted octanol–water partition coefficient (Wildman–Crippen LogP) is 2.92. The molecular weight excluding hydrogens is 366 g/mol. The molecule has 0 bridgehead atoms. The van der Waals surface area contributed by atoms with Crippen LogP contribution in [0.2, 0.25) is 0 Å². The number of non-ortho nitro benzene ring substituents is 1. The van der Waals surface area contributed by atoms with Gasteiger partial charge in [0.15, 0.2) is 4.77 Å². The maximum absolute atomic E-state index is 11.7. The van der Waals surface area contributed by atoms with Crippen molar-refractivity contribution in [2.75, 3.05) is 0 Å². The number of H-pyrrole nitrogens is 2. The number of aliphatic imine (C=N–C) groups is 1. The molecule has 3 rings (SSSR count). The van der Waals surface area contributed by atoms with E-state index in [0.29, 0.717) is 16.4 Å². The quantitative estimate of drug-likeness (QED) is 0.277. The molecule has 0 fully saturated rings. The fourth-order valence-corrected chi connectivity index (χ4v) is 2.79. The molecule has 0 aliphatic heterocycles. The molecule has 0 aliphatic rings. The van der Waals surface area contributed by atoms with Crippen LogP contribution in [0.3, 0.4) is 0 Å². The molecule has 126 valence electrons. The van der Waals surface area contributed by atoms with E-state index in [1.165, 1.54) is 29.7 Å². The summed E-state index contributed by atoms with van der Waals surface area (Å²) in [5.41, 5.74) is 0.650. The third kappa shape index (κ3) is 3.67. The maximum atomic E-state index is 11.7. The monoisotopic (exact) mass is 375 g/mol. The number of nitro benzene ring substituents is 1. The largest absolute Gasteiger partial charge is 0.494 e. The van der Waals surface area contributed by atoms with E-state index < -0.39 is 10.5 Å². The number of aromatic nitrogens is 3. The molecule has 0 unspecified atom stereocenters. The summed E-state index contributed by atoms with van der Waals surface area (Å²) in [4.78, 5) is 35.0. The lowest BCUT2D eigenvalue weighted by atomic mass is 10.1. The minimum Gasteiger partial charge on any atom is -0.494 e. The van der Waals surface area contributed by atoms with Gasteiger partial charge < -0.3 is 10.1 Å². The van der Waals surface area contributed by atoms with Gasteiger partial charge in [-0.3, -0.25) is 19.9 Å². The Morgan fingerprint density at radius 3 is 2.68 bits per heavy atom. The van der Waals surface area contributed by atoms with Crippen molar-refractivity contribution in [1.29, 1.82) is 0 Å². The second-order valence-corrected chi connectivity index (χ2v) is 5.99. The first kappa shape index (κ1) is 16.7. The van der Waals surface area contributed by atoms with Crippen molar-refractivity contribution in [1.82, 2.24) is 15.0 Å². The molecule has 9 nitrogen and oxygen atoms in total. The highest BCUT2D eigenvalue weighted by molar-refractivity contribution is 7.71. The van der Waals surface area contributed by atoms with Gasteiger partial charge in [-0.2, -0.15) is 0 Å². The lowest BCUT2D eigenvalue weighted by Crippen LogP contribution is -2.13. The smallest absolute Gasteiger partial charge is 0.269 e. The van der Waals surface area contributed by atoms with Gasteiger partial charge in [-0.25, -0.2) is 9.98 Å². The van der Waals surface area contributed by atoms with Gasteiger partial charge in [0.2, 0.25) is 11.0 Å². The Kier molecular flexibility index (Phi) is 4.50. The van der Waals surface area contributed by atoms with Gasteiger partial charge in [0.05, 0.1) is 10.6 Å². The molecular formula is C14H9N5O4S2. The summed E-state index contributed by atoms with van der Waals surface area (Å²) in [7, 11) is 0. The number of benzene rings is 1. The third-order valence-corrected chi connectivity index (χ3v) is 4.08. The molecule has 0 radical (unpaired) electrons. The van der Waals surface area contributed by atoms with Gasteiger partial charge in [0.25, 0.3) is 11.2 Å². The highest BCUT2D eigenvalue weighted by atomic mass is 32.1. The molecule has 0 aliphatic carbocycles. The standard InChI is InChI=1S/C14H9N5O4S2/c20-11-9(12(21)18-13(24)17-11)5-15-14-16-10(6-25-14)7-1-3-8(4-2-7)19(22)23/h1-6H,(H3,17,18,20,21,24). The summed E-state index contributed by atoms with van der Waals surface area (Å²) < 4.78 is 0.00866. The van der Waals surface area contributed by atoms with Crippen molar-refractivity contribution in [3.8, 4) is 17.1 Å². The summed E-state index contributed by atoms with van der Waals surface area (Å²) in [6, 6.07) is 5.96. The van der Waals surface area contributed by atoms with Crippen molar-refractivity contribution < 1.29 is 10.0 Å². The van der Waals surface area contributed by atoms with Crippen LogP contribution in [0.5, 0.6) is 5.88 Å². The first-order valence-electron chi connectivity index (χ1n) is 6.74.